The number of fused-ring (bicyclic) bond motifs is 1. The monoisotopic (exact) mass is 255 g/mol. The van der Waals surface area contributed by atoms with Crippen LogP contribution in [0.15, 0.2) is 42.6 Å². The second kappa shape index (κ2) is 5.31. The maximum absolute atomic E-state index is 5.84. The minimum absolute atomic E-state index is 0.496. The molecule has 0 aliphatic carbocycles. The number of hydrogen-bond donors (Lipinski definition) is 0. The normalized spacial score (nSPS) is 17.4. The third-order valence-corrected chi connectivity index (χ3v) is 3.48. The van der Waals surface area contributed by atoms with E-state index in [1.165, 1.54) is 5.56 Å². The molecular formula is C16H17NO2. The van der Waals surface area contributed by atoms with Crippen molar-refractivity contribution in [1.29, 1.82) is 0 Å². The summed E-state index contributed by atoms with van der Waals surface area (Å²) in [6, 6.07) is 12.1. The highest BCUT2D eigenvalue weighted by Gasteiger charge is 2.20. The smallest absolute Gasteiger partial charge is 0.126 e. The van der Waals surface area contributed by atoms with Gasteiger partial charge in [0.25, 0.3) is 0 Å². The van der Waals surface area contributed by atoms with E-state index in [1.54, 1.807) is 7.11 Å². The summed E-state index contributed by atoms with van der Waals surface area (Å²) in [4.78, 5) is 4.38. The molecule has 0 N–H and O–H groups in total. The minimum Gasteiger partial charge on any atom is -0.497 e. The lowest BCUT2D eigenvalue weighted by molar-refractivity contribution is 0.219. The number of rotatable bonds is 3. The van der Waals surface area contributed by atoms with Crippen LogP contribution < -0.4 is 9.47 Å². The number of hydrogen-bond acceptors (Lipinski definition) is 3. The van der Waals surface area contributed by atoms with Crippen LogP contribution >= 0.6 is 0 Å². The van der Waals surface area contributed by atoms with Gasteiger partial charge in [-0.1, -0.05) is 12.1 Å². The Balaban J connectivity index is 1.72. The standard InChI is InChI=1S/C16H17NO2/c1-18-15-6-5-13-8-12(11-19-16(13)10-15)9-14-4-2-3-7-17-14/h2-7,10,12H,8-9,11H2,1H3/t12-/m0/s1. The second-order valence-corrected chi connectivity index (χ2v) is 4.88. The molecule has 3 heteroatoms. The third kappa shape index (κ3) is 2.70. The van der Waals surface area contributed by atoms with Gasteiger partial charge in [0, 0.05) is 23.9 Å². The van der Waals surface area contributed by atoms with E-state index in [0.717, 1.165) is 36.6 Å². The number of methoxy groups -OCH3 is 1. The van der Waals surface area contributed by atoms with Crippen molar-refractivity contribution in [2.75, 3.05) is 13.7 Å². The molecule has 0 saturated heterocycles. The molecule has 0 spiro atoms. The van der Waals surface area contributed by atoms with Crippen LogP contribution in [-0.2, 0) is 12.8 Å². The van der Waals surface area contributed by atoms with Crippen molar-refractivity contribution in [3.05, 3.63) is 53.9 Å². The molecule has 3 rings (SSSR count). The van der Waals surface area contributed by atoms with E-state index in [4.69, 9.17) is 9.47 Å². The van der Waals surface area contributed by atoms with E-state index < -0.39 is 0 Å². The number of nitrogens with zero attached hydrogens (tertiary/aromatic N) is 1. The fourth-order valence-corrected chi connectivity index (χ4v) is 2.49. The zero-order valence-corrected chi connectivity index (χ0v) is 11.0. The zero-order chi connectivity index (χ0) is 13.1. The van der Waals surface area contributed by atoms with Gasteiger partial charge in [-0.3, -0.25) is 4.98 Å². The largest absolute Gasteiger partial charge is 0.497 e. The molecule has 1 aromatic heterocycles. The van der Waals surface area contributed by atoms with Crippen molar-refractivity contribution in [3.63, 3.8) is 0 Å². The van der Waals surface area contributed by atoms with E-state index in [9.17, 15) is 0 Å². The third-order valence-electron chi connectivity index (χ3n) is 3.48. The minimum atomic E-state index is 0.496. The van der Waals surface area contributed by atoms with E-state index in [2.05, 4.69) is 17.1 Å². The van der Waals surface area contributed by atoms with Crippen LogP contribution in [0.25, 0.3) is 0 Å². The summed E-state index contributed by atoms with van der Waals surface area (Å²) in [5, 5.41) is 0. The molecule has 2 heterocycles. The molecule has 0 fully saturated rings. The molecule has 0 unspecified atom stereocenters. The van der Waals surface area contributed by atoms with Gasteiger partial charge in [0.2, 0.25) is 0 Å². The average molecular weight is 255 g/mol. The molecule has 98 valence electrons. The quantitative estimate of drug-likeness (QED) is 0.845. The summed E-state index contributed by atoms with van der Waals surface area (Å²) >= 11 is 0. The molecule has 19 heavy (non-hydrogen) atoms. The molecule has 0 amide bonds. The Morgan fingerprint density at radius 3 is 3.05 bits per heavy atom. The van der Waals surface area contributed by atoms with E-state index in [-0.39, 0.29) is 0 Å². The molecule has 3 nitrogen and oxygen atoms in total. The summed E-state index contributed by atoms with van der Waals surface area (Å²) in [5.41, 5.74) is 2.39. The summed E-state index contributed by atoms with van der Waals surface area (Å²) in [6.07, 6.45) is 3.85. The van der Waals surface area contributed by atoms with E-state index in [1.807, 2.05) is 30.5 Å². The Kier molecular flexibility index (Phi) is 3.36. The number of pyridine rings is 1. The lowest BCUT2D eigenvalue weighted by Gasteiger charge is -2.25. The first-order valence-electron chi connectivity index (χ1n) is 6.55. The molecule has 0 saturated carbocycles. The van der Waals surface area contributed by atoms with Crippen LogP contribution in [0.1, 0.15) is 11.3 Å². The molecular weight excluding hydrogens is 238 g/mol. The SMILES string of the molecule is COc1ccc2c(c1)OC[C@H](Cc1ccccn1)C2. The highest BCUT2D eigenvalue weighted by Crippen LogP contribution is 2.31. The molecule has 1 aliphatic rings. The van der Waals surface area contributed by atoms with Gasteiger partial charge in [-0.25, -0.2) is 0 Å². The van der Waals surface area contributed by atoms with Gasteiger partial charge in [-0.05, 0) is 36.6 Å². The first kappa shape index (κ1) is 12.0. The number of ether oxygens (including phenoxy) is 2. The molecule has 0 radical (unpaired) electrons. The van der Waals surface area contributed by atoms with Gasteiger partial charge in [0.15, 0.2) is 0 Å². The first-order valence-corrected chi connectivity index (χ1v) is 6.55. The number of aromatic nitrogens is 1. The number of benzene rings is 1. The lowest BCUT2D eigenvalue weighted by Crippen LogP contribution is -2.23. The predicted octanol–water partition coefficient (Wildman–Crippen LogP) is 2.88. The fraction of sp³-hybridized carbons (Fsp3) is 0.312. The predicted molar refractivity (Wildman–Crippen MR) is 73.6 cm³/mol. The van der Waals surface area contributed by atoms with E-state index >= 15 is 0 Å². The fourth-order valence-electron chi connectivity index (χ4n) is 2.49. The van der Waals surface area contributed by atoms with Gasteiger partial charge in [-0.15, -0.1) is 0 Å². The van der Waals surface area contributed by atoms with Gasteiger partial charge >= 0.3 is 0 Å². The highest BCUT2D eigenvalue weighted by atomic mass is 16.5. The second-order valence-electron chi connectivity index (χ2n) is 4.88. The Labute approximate surface area is 113 Å². The van der Waals surface area contributed by atoms with Gasteiger partial charge in [0.05, 0.1) is 13.7 Å². The van der Waals surface area contributed by atoms with Crippen LogP contribution in [0.4, 0.5) is 0 Å². The van der Waals surface area contributed by atoms with Gasteiger partial charge < -0.3 is 9.47 Å². The van der Waals surface area contributed by atoms with Crippen LogP contribution in [-0.4, -0.2) is 18.7 Å². The Morgan fingerprint density at radius 1 is 1.32 bits per heavy atom. The van der Waals surface area contributed by atoms with E-state index in [0.29, 0.717) is 5.92 Å². The maximum Gasteiger partial charge on any atom is 0.126 e. The van der Waals surface area contributed by atoms with Crippen molar-refractivity contribution in [3.8, 4) is 11.5 Å². The maximum atomic E-state index is 5.84. The summed E-state index contributed by atoms with van der Waals surface area (Å²) in [7, 11) is 1.68. The van der Waals surface area contributed by atoms with Crippen molar-refractivity contribution < 1.29 is 9.47 Å². The molecule has 2 aromatic rings. The average Bonchev–Trinajstić information content (AvgIpc) is 2.48. The van der Waals surface area contributed by atoms with Gasteiger partial charge in [0.1, 0.15) is 11.5 Å². The Bertz CT molecular complexity index is 554. The topological polar surface area (TPSA) is 31.4 Å². The molecule has 0 bridgehead atoms. The Hall–Kier alpha value is -2.03. The first-order chi connectivity index (χ1) is 9.35. The zero-order valence-electron chi connectivity index (χ0n) is 11.0. The Morgan fingerprint density at radius 2 is 2.26 bits per heavy atom. The summed E-state index contributed by atoms with van der Waals surface area (Å²) in [6.45, 7) is 0.747. The highest BCUT2D eigenvalue weighted by molar-refractivity contribution is 5.42. The lowest BCUT2D eigenvalue weighted by atomic mass is 9.92. The summed E-state index contributed by atoms with van der Waals surface area (Å²) < 4.78 is 11.1. The summed E-state index contributed by atoms with van der Waals surface area (Å²) in [5.74, 6) is 2.30. The molecule has 1 aliphatic heterocycles. The van der Waals surface area contributed by atoms with Crippen molar-refractivity contribution in [1.82, 2.24) is 4.98 Å². The molecule has 1 atom stereocenters. The van der Waals surface area contributed by atoms with Crippen molar-refractivity contribution in [2.45, 2.75) is 12.8 Å². The van der Waals surface area contributed by atoms with Crippen LogP contribution in [0.5, 0.6) is 11.5 Å². The van der Waals surface area contributed by atoms with Gasteiger partial charge in [-0.2, -0.15) is 0 Å². The van der Waals surface area contributed by atoms with Crippen LogP contribution in [0.3, 0.4) is 0 Å². The van der Waals surface area contributed by atoms with Crippen LogP contribution in [0.2, 0.25) is 0 Å². The molecule has 1 aromatic carbocycles. The van der Waals surface area contributed by atoms with Crippen LogP contribution in [0, 0.1) is 5.92 Å². The van der Waals surface area contributed by atoms with Crippen molar-refractivity contribution in [2.24, 2.45) is 5.92 Å². The van der Waals surface area contributed by atoms with Crippen molar-refractivity contribution >= 4 is 0 Å².